The second-order valence-corrected chi connectivity index (χ2v) is 3.01. The lowest BCUT2D eigenvalue weighted by Gasteiger charge is -2.25. The highest BCUT2D eigenvalue weighted by molar-refractivity contribution is 5.58. The molecular weight excluding hydrogens is 124 g/mol. The molecule has 0 aliphatic carbocycles. The molecule has 0 amide bonds. The summed E-state index contributed by atoms with van der Waals surface area (Å²) in [6, 6.07) is 0.562. The van der Waals surface area contributed by atoms with Crippen LogP contribution in [0.2, 0.25) is 0 Å². The van der Waals surface area contributed by atoms with Gasteiger partial charge < -0.3 is 4.90 Å². The molecule has 0 aromatic carbocycles. The zero-order valence-electron chi connectivity index (χ0n) is 6.83. The van der Waals surface area contributed by atoms with Gasteiger partial charge in [0.05, 0.1) is 6.34 Å². The Kier molecular flexibility index (Phi) is 2.10. The lowest BCUT2D eigenvalue weighted by molar-refractivity contribution is 0.382. The van der Waals surface area contributed by atoms with Crippen molar-refractivity contribution >= 4 is 6.34 Å². The maximum atomic E-state index is 4.10. The highest BCUT2D eigenvalue weighted by atomic mass is 15.2. The largest absolute Gasteiger partial charge is 0.356 e. The van der Waals surface area contributed by atoms with Gasteiger partial charge in [-0.05, 0) is 26.3 Å². The van der Waals surface area contributed by atoms with Crippen molar-refractivity contribution in [2.75, 3.05) is 6.54 Å². The molecule has 1 aliphatic rings. The molecule has 0 spiro atoms. The smallest absolute Gasteiger partial charge is 0.0910 e. The summed E-state index contributed by atoms with van der Waals surface area (Å²) in [6.45, 7) is 7.47. The van der Waals surface area contributed by atoms with Crippen molar-refractivity contribution in [3.63, 3.8) is 0 Å². The van der Waals surface area contributed by atoms with Crippen LogP contribution in [0.5, 0.6) is 0 Å². The minimum absolute atomic E-state index is 0.562. The fourth-order valence-electron chi connectivity index (χ4n) is 0.932. The van der Waals surface area contributed by atoms with Crippen LogP contribution in [0.15, 0.2) is 16.8 Å². The van der Waals surface area contributed by atoms with Crippen LogP contribution in [-0.4, -0.2) is 23.8 Å². The van der Waals surface area contributed by atoms with Crippen LogP contribution in [-0.2, 0) is 0 Å². The maximum Gasteiger partial charge on any atom is 0.0910 e. The van der Waals surface area contributed by atoms with Crippen molar-refractivity contribution < 1.29 is 0 Å². The summed E-state index contributed by atoms with van der Waals surface area (Å²) in [5.74, 6) is 0. The molecule has 0 fully saturated rings. The SMILES string of the molecule is CC1=CN=CN(C(C)C)C1. The standard InChI is InChI=1S/C8H14N2/c1-7(2)10-5-8(3)4-9-6-10/h4,6-7H,5H2,1-3H3. The van der Waals surface area contributed by atoms with Gasteiger partial charge in [0.25, 0.3) is 0 Å². The van der Waals surface area contributed by atoms with Gasteiger partial charge in [0.15, 0.2) is 0 Å². The van der Waals surface area contributed by atoms with Gasteiger partial charge >= 0.3 is 0 Å². The molecule has 0 bridgehead atoms. The summed E-state index contributed by atoms with van der Waals surface area (Å²) in [6.07, 6.45) is 3.82. The highest BCUT2D eigenvalue weighted by Crippen LogP contribution is 2.05. The first-order chi connectivity index (χ1) is 4.70. The van der Waals surface area contributed by atoms with Gasteiger partial charge in [-0.2, -0.15) is 0 Å². The van der Waals surface area contributed by atoms with Gasteiger partial charge in [-0.3, -0.25) is 0 Å². The number of hydrogen-bond acceptors (Lipinski definition) is 2. The second kappa shape index (κ2) is 2.86. The molecule has 0 saturated carbocycles. The first kappa shape index (κ1) is 7.32. The van der Waals surface area contributed by atoms with E-state index in [1.807, 2.05) is 12.5 Å². The molecular formula is C8H14N2. The molecule has 0 unspecified atom stereocenters. The van der Waals surface area contributed by atoms with E-state index in [1.165, 1.54) is 5.57 Å². The Balaban J connectivity index is 2.55. The van der Waals surface area contributed by atoms with Crippen LogP contribution in [0.4, 0.5) is 0 Å². The van der Waals surface area contributed by atoms with E-state index in [0.717, 1.165) is 6.54 Å². The monoisotopic (exact) mass is 138 g/mol. The average Bonchev–Trinajstić information content (AvgIpc) is 1.88. The Morgan fingerprint density at radius 3 is 2.70 bits per heavy atom. The molecule has 0 saturated heterocycles. The molecule has 0 N–H and O–H groups in total. The fraction of sp³-hybridized carbons (Fsp3) is 0.625. The van der Waals surface area contributed by atoms with Gasteiger partial charge in [-0.25, -0.2) is 4.99 Å². The Morgan fingerprint density at radius 2 is 2.30 bits per heavy atom. The minimum Gasteiger partial charge on any atom is -0.356 e. The predicted molar refractivity (Wildman–Crippen MR) is 44.1 cm³/mol. The molecule has 0 radical (unpaired) electrons. The second-order valence-electron chi connectivity index (χ2n) is 3.01. The summed E-state index contributed by atoms with van der Waals surface area (Å²) in [5.41, 5.74) is 1.33. The topological polar surface area (TPSA) is 15.6 Å². The molecule has 10 heavy (non-hydrogen) atoms. The van der Waals surface area contributed by atoms with Crippen LogP contribution in [0.3, 0.4) is 0 Å². The number of hydrogen-bond donors (Lipinski definition) is 0. The summed E-state index contributed by atoms with van der Waals surface area (Å²) >= 11 is 0. The third-order valence-corrected chi connectivity index (χ3v) is 1.61. The van der Waals surface area contributed by atoms with Crippen LogP contribution < -0.4 is 0 Å². The Morgan fingerprint density at radius 1 is 1.60 bits per heavy atom. The summed E-state index contributed by atoms with van der Waals surface area (Å²) in [4.78, 5) is 6.32. The number of nitrogens with zero attached hydrogens (tertiary/aromatic N) is 2. The van der Waals surface area contributed by atoms with Crippen molar-refractivity contribution in [1.82, 2.24) is 4.90 Å². The molecule has 0 atom stereocenters. The van der Waals surface area contributed by atoms with E-state index in [4.69, 9.17) is 0 Å². The van der Waals surface area contributed by atoms with E-state index in [0.29, 0.717) is 6.04 Å². The highest BCUT2D eigenvalue weighted by Gasteiger charge is 2.07. The molecule has 1 aliphatic heterocycles. The van der Waals surface area contributed by atoms with Crippen molar-refractivity contribution in [2.24, 2.45) is 4.99 Å². The quantitative estimate of drug-likeness (QED) is 0.538. The van der Waals surface area contributed by atoms with E-state index in [9.17, 15) is 0 Å². The Hall–Kier alpha value is -0.790. The Bertz CT molecular complexity index is 168. The Labute approximate surface area is 62.3 Å². The molecule has 2 heteroatoms. The van der Waals surface area contributed by atoms with Crippen molar-refractivity contribution in [1.29, 1.82) is 0 Å². The molecule has 0 aromatic rings. The molecule has 1 heterocycles. The normalized spacial score (nSPS) is 18.0. The number of rotatable bonds is 1. The van der Waals surface area contributed by atoms with Gasteiger partial charge in [0.2, 0.25) is 0 Å². The van der Waals surface area contributed by atoms with Gasteiger partial charge in [-0.1, -0.05) is 0 Å². The van der Waals surface area contributed by atoms with Crippen LogP contribution in [0.1, 0.15) is 20.8 Å². The van der Waals surface area contributed by atoms with E-state index in [-0.39, 0.29) is 0 Å². The first-order valence-corrected chi connectivity index (χ1v) is 3.65. The molecule has 0 aromatic heterocycles. The first-order valence-electron chi connectivity index (χ1n) is 3.65. The van der Waals surface area contributed by atoms with Crippen molar-refractivity contribution in [3.8, 4) is 0 Å². The molecule has 2 nitrogen and oxygen atoms in total. The van der Waals surface area contributed by atoms with E-state index >= 15 is 0 Å². The van der Waals surface area contributed by atoms with E-state index < -0.39 is 0 Å². The zero-order chi connectivity index (χ0) is 7.56. The van der Waals surface area contributed by atoms with Crippen LogP contribution in [0.25, 0.3) is 0 Å². The van der Waals surface area contributed by atoms with Crippen molar-refractivity contribution in [3.05, 3.63) is 11.8 Å². The third-order valence-electron chi connectivity index (χ3n) is 1.61. The summed E-state index contributed by atoms with van der Waals surface area (Å²) in [7, 11) is 0. The molecule has 56 valence electrons. The van der Waals surface area contributed by atoms with Gasteiger partial charge in [0, 0.05) is 18.8 Å². The summed E-state index contributed by atoms with van der Waals surface area (Å²) < 4.78 is 0. The van der Waals surface area contributed by atoms with E-state index in [2.05, 4.69) is 30.7 Å². The lowest BCUT2D eigenvalue weighted by atomic mass is 10.2. The van der Waals surface area contributed by atoms with Gasteiger partial charge in [0.1, 0.15) is 0 Å². The average molecular weight is 138 g/mol. The zero-order valence-corrected chi connectivity index (χ0v) is 6.83. The van der Waals surface area contributed by atoms with Crippen LogP contribution in [0, 0.1) is 0 Å². The third kappa shape index (κ3) is 1.59. The minimum atomic E-state index is 0.562. The van der Waals surface area contributed by atoms with Crippen molar-refractivity contribution in [2.45, 2.75) is 26.8 Å². The van der Waals surface area contributed by atoms with Crippen LogP contribution >= 0.6 is 0 Å². The fourth-order valence-corrected chi connectivity index (χ4v) is 0.932. The molecule has 1 rings (SSSR count). The van der Waals surface area contributed by atoms with E-state index in [1.54, 1.807) is 0 Å². The summed E-state index contributed by atoms with van der Waals surface area (Å²) in [5, 5.41) is 0. The maximum absolute atomic E-state index is 4.10. The predicted octanol–water partition coefficient (Wildman–Crippen LogP) is 1.64. The number of aliphatic imine (C=N–C) groups is 1. The lowest BCUT2D eigenvalue weighted by Crippen LogP contribution is -2.32. The van der Waals surface area contributed by atoms with Gasteiger partial charge in [-0.15, -0.1) is 0 Å².